The average molecular weight is 299 g/mol. The summed E-state index contributed by atoms with van der Waals surface area (Å²) < 4.78 is 27.9. The van der Waals surface area contributed by atoms with E-state index in [4.69, 9.17) is 5.11 Å². The van der Waals surface area contributed by atoms with E-state index < -0.39 is 22.2 Å². The van der Waals surface area contributed by atoms with E-state index in [9.17, 15) is 13.2 Å². The molecule has 20 heavy (non-hydrogen) atoms. The molecule has 0 saturated carbocycles. The zero-order chi connectivity index (χ0) is 14.8. The maximum absolute atomic E-state index is 12.3. The number of rotatable bonds is 4. The zero-order valence-corrected chi connectivity index (χ0v) is 11.9. The van der Waals surface area contributed by atoms with Gasteiger partial charge in [-0.25, -0.2) is 0 Å². The number of carboxylic acid groups (broad SMARTS) is 1. The van der Waals surface area contributed by atoms with Crippen LogP contribution in [0.4, 0.5) is 5.69 Å². The van der Waals surface area contributed by atoms with Gasteiger partial charge in [0, 0.05) is 12.2 Å². The third kappa shape index (κ3) is 3.26. The van der Waals surface area contributed by atoms with E-state index in [1.807, 2.05) is 0 Å². The maximum Gasteiger partial charge on any atom is 0.322 e. The highest BCUT2D eigenvalue weighted by atomic mass is 32.2. The molecular formula is C12H17N3O4S. The summed E-state index contributed by atoms with van der Waals surface area (Å²) in [4.78, 5) is 15.2. The summed E-state index contributed by atoms with van der Waals surface area (Å²) in [5.74, 6) is -1.11. The first-order chi connectivity index (χ1) is 9.40. The van der Waals surface area contributed by atoms with Gasteiger partial charge in [0.25, 0.3) is 0 Å². The zero-order valence-electron chi connectivity index (χ0n) is 11.1. The number of aliphatic carboxylic acids is 1. The Bertz CT molecular complexity index is 585. The molecule has 2 heterocycles. The lowest BCUT2D eigenvalue weighted by molar-refractivity contribution is -0.142. The largest absolute Gasteiger partial charge is 0.480 e. The van der Waals surface area contributed by atoms with Crippen LogP contribution in [0.25, 0.3) is 0 Å². The van der Waals surface area contributed by atoms with E-state index in [2.05, 4.69) is 9.71 Å². The van der Waals surface area contributed by atoms with Crippen molar-refractivity contribution >= 4 is 21.9 Å². The van der Waals surface area contributed by atoms with Gasteiger partial charge in [0.2, 0.25) is 0 Å². The first-order valence-corrected chi connectivity index (χ1v) is 7.79. The number of nitrogens with zero attached hydrogens (tertiary/aromatic N) is 2. The van der Waals surface area contributed by atoms with Crippen LogP contribution in [0.3, 0.4) is 0 Å². The molecule has 1 atom stereocenters. The predicted octanol–water partition coefficient (Wildman–Crippen LogP) is 0.986. The van der Waals surface area contributed by atoms with Gasteiger partial charge in [0.1, 0.15) is 6.04 Å². The number of hydrogen-bond acceptors (Lipinski definition) is 4. The molecule has 1 aliphatic rings. The molecule has 1 fully saturated rings. The second kappa shape index (κ2) is 5.76. The van der Waals surface area contributed by atoms with Gasteiger partial charge < -0.3 is 5.11 Å². The van der Waals surface area contributed by atoms with Crippen LogP contribution in [0.1, 0.15) is 25.0 Å². The highest BCUT2D eigenvalue weighted by Crippen LogP contribution is 2.22. The number of aryl methyl sites for hydroxylation is 1. The molecule has 1 aliphatic heterocycles. The fourth-order valence-electron chi connectivity index (χ4n) is 2.18. The fraction of sp³-hybridized carbons (Fsp3) is 0.500. The minimum Gasteiger partial charge on any atom is -0.480 e. The topological polar surface area (TPSA) is 99.6 Å². The molecule has 7 nitrogen and oxygen atoms in total. The number of carboxylic acids is 1. The molecule has 8 heteroatoms. The summed E-state index contributed by atoms with van der Waals surface area (Å²) in [6.07, 6.45) is 3.13. The third-order valence-electron chi connectivity index (χ3n) is 3.21. The third-order valence-corrected chi connectivity index (χ3v) is 4.75. The number of nitrogens with one attached hydrogen (secondary N) is 1. The first kappa shape index (κ1) is 14.7. The highest BCUT2D eigenvalue weighted by Gasteiger charge is 2.36. The van der Waals surface area contributed by atoms with Gasteiger partial charge in [0.15, 0.2) is 0 Å². The van der Waals surface area contributed by atoms with Gasteiger partial charge >= 0.3 is 16.2 Å². The molecule has 2 rings (SSSR count). The average Bonchev–Trinajstić information content (AvgIpc) is 2.41. The minimum atomic E-state index is -3.88. The lowest BCUT2D eigenvalue weighted by Gasteiger charge is -2.31. The van der Waals surface area contributed by atoms with Crippen molar-refractivity contribution in [3.05, 3.63) is 24.0 Å². The van der Waals surface area contributed by atoms with E-state index in [1.165, 1.54) is 6.20 Å². The number of anilines is 1. The number of hydrogen-bond donors (Lipinski definition) is 2. The SMILES string of the molecule is Cc1ccc(NS(=O)(=O)N2CCCC[C@H]2C(=O)O)cn1. The Balaban J connectivity index is 2.20. The minimum absolute atomic E-state index is 0.214. The van der Waals surface area contributed by atoms with Gasteiger partial charge in [-0.05, 0) is 38.3 Å². The van der Waals surface area contributed by atoms with Gasteiger partial charge in [-0.1, -0.05) is 0 Å². The van der Waals surface area contributed by atoms with E-state index in [0.717, 1.165) is 16.4 Å². The molecule has 0 unspecified atom stereocenters. The van der Waals surface area contributed by atoms with E-state index >= 15 is 0 Å². The van der Waals surface area contributed by atoms with Gasteiger partial charge in [-0.15, -0.1) is 0 Å². The quantitative estimate of drug-likeness (QED) is 0.863. The number of piperidine rings is 1. The molecule has 1 aromatic rings. The Labute approximate surface area is 117 Å². The molecule has 0 spiro atoms. The second-order valence-corrected chi connectivity index (χ2v) is 6.38. The molecular weight excluding hydrogens is 282 g/mol. The summed E-state index contributed by atoms with van der Waals surface area (Å²) in [7, 11) is -3.88. The lowest BCUT2D eigenvalue weighted by atomic mass is 10.1. The summed E-state index contributed by atoms with van der Waals surface area (Å²) in [6, 6.07) is 2.28. The van der Waals surface area contributed by atoms with Gasteiger partial charge in [-0.2, -0.15) is 12.7 Å². The fourth-order valence-corrected chi connectivity index (χ4v) is 3.61. The highest BCUT2D eigenvalue weighted by molar-refractivity contribution is 7.90. The summed E-state index contributed by atoms with van der Waals surface area (Å²) >= 11 is 0. The van der Waals surface area contributed by atoms with Crippen molar-refractivity contribution in [2.24, 2.45) is 0 Å². The summed E-state index contributed by atoms with van der Waals surface area (Å²) in [5.41, 5.74) is 1.10. The van der Waals surface area contributed by atoms with Crippen molar-refractivity contribution in [2.75, 3.05) is 11.3 Å². The molecule has 0 bridgehead atoms. The van der Waals surface area contributed by atoms with Crippen LogP contribution in [0.15, 0.2) is 18.3 Å². The Morgan fingerprint density at radius 3 is 2.80 bits per heavy atom. The Hall–Kier alpha value is -1.67. The van der Waals surface area contributed by atoms with Gasteiger partial charge in [0.05, 0.1) is 11.9 Å². The Morgan fingerprint density at radius 2 is 2.20 bits per heavy atom. The first-order valence-electron chi connectivity index (χ1n) is 6.35. The monoisotopic (exact) mass is 299 g/mol. The van der Waals surface area contributed by atoms with Crippen molar-refractivity contribution in [1.29, 1.82) is 0 Å². The van der Waals surface area contributed by atoms with Crippen LogP contribution in [0.2, 0.25) is 0 Å². The summed E-state index contributed by atoms with van der Waals surface area (Å²) in [5, 5.41) is 9.13. The maximum atomic E-state index is 12.3. The van der Waals surface area contributed by atoms with Crippen molar-refractivity contribution in [1.82, 2.24) is 9.29 Å². The van der Waals surface area contributed by atoms with Crippen molar-refractivity contribution < 1.29 is 18.3 Å². The second-order valence-electron chi connectivity index (χ2n) is 4.76. The predicted molar refractivity (Wildman–Crippen MR) is 73.5 cm³/mol. The molecule has 1 aromatic heterocycles. The van der Waals surface area contributed by atoms with Crippen LogP contribution < -0.4 is 4.72 Å². The summed E-state index contributed by atoms with van der Waals surface area (Å²) in [6.45, 7) is 2.01. The molecule has 0 radical (unpaired) electrons. The molecule has 110 valence electrons. The molecule has 2 N–H and O–H groups in total. The van der Waals surface area contributed by atoms with Crippen LogP contribution in [0.5, 0.6) is 0 Å². The normalized spacial score (nSPS) is 20.6. The van der Waals surface area contributed by atoms with Crippen molar-refractivity contribution in [3.8, 4) is 0 Å². The number of aromatic nitrogens is 1. The molecule has 0 aromatic carbocycles. The smallest absolute Gasteiger partial charge is 0.322 e. The Morgan fingerprint density at radius 1 is 1.45 bits per heavy atom. The van der Waals surface area contributed by atoms with Gasteiger partial charge in [-0.3, -0.25) is 14.5 Å². The van der Waals surface area contributed by atoms with E-state index in [1.54, 1.807) is 19.1 Å². The molecule has 0 amide bonds. The molecule has 1 saturated heterocycles. The van der Waals surface area contributed by atoms with Crippen LogP contribution in [-0.2, 0) is 15.0 Å². The van der Waals surface area contributed by atoms with Crippen LogP contribution in [-0.4, -0.2) is 41.4 Å². The number of carbonyl (C=O) groups is 1. The van der Waals surface area contributed by atoms with E-state index in [-0.39, 0.29) is 6.54 Å². The van der Waals surface area contributed by atoms with Crippen molar-refractivity contribution in [2.45, 2.75) is 32.2 Å². The number of pyridine rings is 1. The van der Waals surface area contributed by atoms with Crippen LogP contribution in [0, 0.1) is 6.92 Å². The van der Waals surface area contributed by atoms with Crippen molar-refractivity contribution in [3.63, 3.8) is 0 Å². The van der Waals surface area contributed by atoms with E-state index in [0.29, 0.717) is 18.5 Å². The molecule has 0 aliphatic carbocycles. The Kier molecular flexibility index (Phi) is 4.24. The van der Waals surface area contributed by atoms with Crippen LogP contribution >= 0.6 is 0 Å². The lowest BCUT2D eigenvalue weighted by Crippen LogP contribution is -2.49. The standard InChI is InChI=1S/C12H17N3O4S/c1-9-5-6-10(8-13-9)14-20(18,19)15-7-3-2-4-11(15)12(16)17/h5-6,8,11,14H,2-4,7H2,1H3,(H,16,17)/t11-/m0/s1.